The highest BCUT2D eigenvalue weighted by molar-refractivity contribution is 5.92. The highest BCUT2D eigenvalue weighted by atomic mass is 16.5. The molecule has 104 valence electrons. The van der Waals surface area contributed by atoms with Gasteiger partial charge in [0.05, 0.1) is 7.11 Å². The number of nitrogens with one attached hydrogen (secondary N) is 1. The van der Waals surface area contributed by atoms with Crippen LogP contribution in [-0.4, -0.2) is 54.3 Å². The maximum atomic E-state index is 11.8. The number of aromatic nitrogens is 2. The molecule has 0 aliphatic carbocycles. The van der Waals surface area contributed by atoms with Crippen molar-refractivity contribution >= 4 is 5.91 Å². The summed E-state index contributed by atoms with van der Waals surface area (Å²) in [6, 6.07) is 3.83. The van der Waals surface area contributed by atoms with E-state index in [0.717, 1.165) is 13.0 Å². The van der Waals surface area contributed by atoms with Gasteiger partial charge >= 0.3 is 0 Å². The van der Waals surface area contributed by atoms with Crippen LogP contribution in [0.2, 0.25) is 0 Å². The molecule has 1 aromatic heterocycles. The number of ether oxygens (including phenoxy) is 1. The van der Waals surface area contributed by atoms with Crippen LogP contribution in [0.25, 0.3) is 0 Å². The van der Waals surface area contributed by atoms with Gasteiger partial charge in [0.2, 0.25) is 5.88 Å². The van der Waals surface area contributed by atoms with Crippen molar-refractivity contribution in [2.45, 2.75) is 25.3 Å². The lowest BCUT2D eigenvalue weighted by molar-refractivity contribution is 0.0944. The van der Waals surface area contributed by atoms with Crippen LogP contribution in [0.3, 0.4) is 0 Å². The van der Waals surface area contributed by atoms with Gasteiger partial charge < -0.3 is 15.0 Å². The lowest BCUT2D eigenvalue weighted by atomic mass is 10.1. The molecule has 0 spiro atoms. The monoisotopic (exact) mass is 264 g/mol. The summed E-state index contributed by atoms with van der Waals surface area (Å²) in [6.45, 7) is 1.82. The second kappa shape index (κ2) is 6.47. The van der Waals surface area contributed by atoms with Gasteiger partial charge in [-0.15, -0.1) is 10.2 Å². The van der Waals surface area contributed by atoms with E-state index in [4.69, 9.17) is 4.74 Å². The van der Waals surface area contributed by atoms with Crippen molar-refractivity contribution in [3.8, 4) is 5.88 Å². The summed E-state index contributed by atoms with van der Waals surface area (Å²) >= 11 is 0. The van der Waals surface area contributed by atoms with Gasteiger partial charge in [0.1, 0.15) is 0 Å². The number of carbonyl (C=O) groups excluding carboxylic acids is 1. The van der Waals surface area contributed by atoms with E-state index in [1.54, 1.807) is 12.1 Å². The number of likely N-dealkylation sites (tertiary alicyclic amines) is 1. The number of rotatable bonds is 5. The molecule has 0 saturated carbocycles. The van der Waals surface area contributed by atoms with Crippen LogP contribution in [0.5, 0.6) is 5.88 Å². The lowest BCUT2D eigenvalue weighted by Crippen LogP contribution is -2.32. The Labute approximate surface area is 113 Å². The van der Waals surface area contributed by atoms with Gasteiger partial charge in [0.25, 0.3) is 5.91 Å². The third kappa shape index (κ3) is 3.64. The van der Waals surface area contributed by atoms with Crippen molar-refractivity contribution in [1.29, 1.82) is 0 Å². The molecule has 6 heteroatoms. The van der Waals surface area contributed by atoms with Crippen LogP contribution in [0.15, 0.2) is 12.1 Å². The number of nitrogens with zero attached hydrogens (tertiary/aromatic N) is 3. The summed E-state index contributed by atoms with van der Waals surface area (Å²) in [5.74, 6) is 0.222. The van der Waals surface area contributed by atoms with E-state index in [1.807, 2.05) is 0 Å². The van der Waals surface area contributed by atoms with E-state index in [-0.39, 0.29) is 5.91 Å². The van der Waals surface area contributed by atoms with Gasteiger partial charge in [-0.3, -0.25) is 4.79 Å². The molecule has 6 nitrogen and oxygen atoms in total. The minimum atomic E-state index is -0.184. The van der Waals surface area contributed by atoms with E-state index in [2.05, 4.69) is 27.5 Å². The van der Waals surface area contributed by atoms with Crippen LogP contribution in [-0.2, 0) is 0 Å². The van der Waals surface area contributed by atoms with E-state index >= 15 is 0 Å². The highest BCUT2D eigenvalue weighted by Crippen LogP contribution is 2.16. The zero-order valence-electron chi connectivity index (χ0n) is 11.4. The highest BCUT2D eigenvalue weighted by Gasteiger charge is 2.20. The zero-order chi connectivity index (χ0) is 13.7. The Bertz CT molecular complexity index is 421. The first kappa shape index (κ1) is 13.7. The quantitative estimate of drug-likeness (QED) is 0.848. The molecule has 0 aromatic carbocycles. The average Bonchev–Trinajstić information content (AvgIpc) is 2.84. The largest absolute Gasteiger partial charge is 0.480 e. The number of methoxy groups -OCH3 is 1. The second-order valence-corrected chi connectivity index (χ2v) is 4.78. The fourth-order valence-electron chi connectivity index (χ4n) is 2.34. The van der Waals surface area contributed by atoms with E-state index in [0.29, 0.717) is 24.2 Å². The first-order valence-electron chi connectivity index (χ1n) is 6.57. The van der Waals surface area contributed by atoms with E-state index < -0.39 is 0 Å². The summed E-state index contributed by atoms with van der Waals surface area (Å²) in [5, 5.41) is 10.5. The van der Waals surface area contributed by atoms with Crippen molar-refractivity contribution in [3.63, 3.8) is 0 Å². The van der Waals surface area contributed by atoms with Crippen molar-refractivity contribution in [3.05, 3.63) is 17.8 Å². The Kier molecular flexibility index (Phi) is 4.68. The van der Waals surface area contributed by atoms with Gasteiger partial charge in [0, 0.05) is 18.7 Å². The molecule has 1 aromatic rings. The van der Waals surface area contributed by atoms with E-state index in [1.165, 1.54) is 20.0 Å². The minimum absolute atomic E-state index is 0.184. The fraction of sp³-hybridized carbons (Fsp3) is 0.615. The number of hydrogen-bond donors (Lipinski definition) is 1. The summed E-state index contributed by atoms with van der Waals surface area (Å²) in [4.78, 5) is 14.2. The maximum absolute atomic E-state index is 11.8. The van der Waals surface area contributed by atoms with Crippen LogP contribution < -0.4 is 10.1 Å². The Morgan fingerprint density at radius 1 is 1.53 bits per heavy atom. The maximum Gasteiger partial charge on any atom is 0.271 e. The molecule has 1 atom stereocenters. The molecule has 0 radical (unpaired) electrons. The van der Waals surface area contributed by atoms with Crippen LogP contribution in [0.1, 0.15) is 29.8 Å². The second-order valence-electron chi connectivity index (χ2n) is 4.78. The average molecular weight is 264 g/mol. The molecule has 19 heavy (non-hydrogen) atoms. The predicted octanol–water partition coefficient (Wildman–Crippen LogP) is 0.699. The third-order valence-corrected chi connectivity index (χ3v) is 3.52. The SMILES string of the molecule is COc1ccc(C(=O)NCCC2CCCN2C)nn1. The Hall–Kier alpha value is -1.69. The Morgan fingerprint density at radius 3 is 2.95 bits per heavy atom. The molecule has 2 heterocycles. The summed E-state index contributed by atoms with van der Waals surface area (Å²) in [5.41, 5.74) is 0.320. The van der Waals surface area contributed by atoms with Crippen LogP contribution in [0, 0.1) is 0 Å². The topological polar surface area (TPSA) is 67.3 Å². The van der Waals surface area contributed by atoms with Gasteiger partial charge in [-0.1, -0.05) is 0 Å². The summed E-state index contributed by atoms with van der Waals surface area (Å²) in [7, 11) is 3.65. The normalized spacial score (nSPS) is 19.4. The van der Waals surface area contributed by atoms with Gasteiger partial charge in [-0.2, -0.15) is 0 Å². The molecule has 1 fully saturated rings. The third-order valence-electron chi connectivity index (χ3n) is 3.52. The Balaban J connectivity index is 1.77. The number of hydrogen-bond acceptors (Lipinski definition) is 5. The van der Waals surface area contributed by atoms with Gasteiger partial charge in [-0.05, 0) is 38.9 Å². The van der Waals surface area contributed by atoms with Crippen molar-refractivity contribution in [1.82, 2.24) is 20.4 Å². The zero-order valence-corrected chi connectivity index (χ0v) is 11.4. The lowest BCUT2D eigenvalue weighted by Gasteiger charge is -2.19. The number of amides is 1. The first-order valence-corrected chi connectivity index (χ1v) is 6.57. The molecule has 1 unspecified atom stereocenters. The van der Waals surface area contributed by atoms with Crippen molar-refractivity contribution in [2.75, 3.05) is 27.2 Å². The molecular formula is C13H20N4O2. The molecule has 1 amide bonds. The van der Waals surface area contributed by atoms with Crippen molar-refractivity contribution in [2.24, 2.45) is 0 Å². The predicted molar refractivity (Wildman–Crippen MR) is 71.2 cm³/mol. The summed E-state index contributed by atoms with van der Waals surface area (Å²) in [6.07, 6.45) is 3.44. The first-order chi connectivity index (χ1) is 9.20. The standard InChI is InChI=1S/C13H20N4O2/c1-17-9-3-4-10(17)7-8-14-13(18)11-5-6-12(19-2)16-15-11/h5-6,10H,3-4,7-9H2,1-2H3,(H,14,18). The molecule has 0 bridgehead atoms. The molecule has 1 aliphatic rings. The molecular weight excluding hydrogens is 244 g/mol. The molecule has 1 aliphatic heterocycles. The van der Waals surface area contributed by atoms with Crippen molar-refractivity contribution < 1.29 is 9.53 Å². The molecule has 2 rings (SSSR count). The molecule has 1 N–H and O–H groups in total. The molecule has 1 saturated heterocycles. The smallest absolute Gasteiger partial charge is 0.271 e. The summed E-state index contributed by atoms with van der Waals surface area (Å²) < 4.78 is 4.90. The van der Waals surface area contributed by atoms with Gasteiger partial charge in [-0.25, -0.2) is 0 Å². The van der Waals surface area contributed by atoms with E-state index in [9.17, 15) is 4.79 Å². The minimum Gasteiger partial charge on any atom is -0.480 e. The Morgan fingerprint density at radius 2 is 2.37 bits per heavy atom. The fourth-order valence-corrected chi connectivity index (χ4v) is 2.34. The van der Waals surface area contributed by atoms with Crippen LogP contribution >= 0.6 is 0 Å². The number of carbonyl (C=O) groups is 1. The van der Waals surface area contributed by atoms with Gasteiger partial charge in [0.15, 0.2) is 5.69 Å². The van der Waals surface area contributed by atoms with Crippen LogP contribution in [0.4, 0.5) is 0 Å².